The molecule has 18 heavy (non-hydrogen) atoms. The third-order valence-electron chi connectivity index (χ3n) is 2.59. The maximum absolute atomic E-state index is 5.34. The summed E-state index contributed by atoms with van der Waals surface area (Å²) < 4.78 is 0.155. The average Bonchev–Trinajstić information content (AvgIpc) is 2.46. The zero-order valence-electron chi connectivity index (χ0n) is 9.75. The number of hydrazone groups is 1. The lowest BCUT2D eigenvalue weighted by molar-refractivity contribution is 0.802. The molecule has 0 fully saturated rings. The fraction of sp³-hybridized carbons (Fsp3) is 0.0714. The normalized spacial score (nSPS) is 13.1. The molecule has 0 aromatic heterocycles. The Hall–Kier alpha value is -1.40. The number of alkyl halides is 1. The second kappa shape index (κ2) is 6.51. The molecule has 0 radical (unpaired) electrons. The summed E-state index contributed by atoms with van der Waals surface area (Å²) in [6.07, 6.45) is 0. The van der Waals surface area contributed by atoms with Gasteiger partial charge < -0.3 is 0 Å². The van der Waals surface area contributed by atoms with Crippen molar-refractivity contribution in [3.63, 3.8) is 0 Å². The molecule has 2 aromatic rings. The number of hydrogen-bond donors (Lipinski definition) is 2. The van der Waals surface area contributed by atoms with Crippen LogP contribution in [0.3, 0.4) is 0 Å². The van der Waals surface area contributed by atoms with Gasteiger partial charge in [0.05, 0.1) is 9.64 Å². The topological polar surface area (TPSA) is 50.4 Å². The van der Waals surface area contributed by atoms with Gasteiger partial charge in [0.25, 0.3) is 0 Å². The summed E-state index contributed by atoms with van der Waals surface area (Å²) in [5.41, 5.74) is 5.59. The van der Waals surface area contributed by atoms with Gasteiger partial charge in [-0.25, -0.2) is 11.4 Å². The average molecular weight is 351 g/mol. The molecule has 0 saturated carbocycles. The summed E-state index contributed by atoms with van der Waals surface area (Å²) in [7, 11) is 0. The summed E-state index contributed by atoms with van der Waals surface area (Å²) in [5, 5.41) is 4.21. The van der Waals surface area contributed by atoms with Crippen LogP contribution in [0.5, 0.6) is 0 Å². The first-order valence-electron chi connectivity index (χ1n) is 5.60. The molecule has 0 aliphatic rings. The third kappa shape index (κ3) is 3.08. The van der Waals surface area contributed by atoms with Crippen LogP contribution < -0.4 is 11.4 Å². The summed E-state index contributed by atoms with van der Waals surface area (Å²) in [6, 6.07) is 20.3. The predicted octanol–water partition coefficient (Wildman–Crippen LogP) is 3.03. The molecule has 0 bridgehead atoms. The first-order chi connectivity index (χ1) is 8.83. The van der Waals surface area contributed by atoms with E-state index in [9.17, 15) is 0 Å². The summed E-state index contributed by atoms with van der Waals surface area (Å²) in [6.45, 7) is 0. The second-order valence-electron chi connectivity index (χ2n) is 3.77. The lowest BCUT2D eigenvalue weighted by Gasteiger charge is -2.13. The van der Waals surface area contributed by atoms with Crippen molar-refractivity contribution in [1.29, 1.82) is 0 Å². The molecule has 0 aliphatic carbocycles. The Morgan fingerprint density at radius 2 is 1.56 bits per heavy atom. The third-order valence-corrected chi connectivity index (χ3v) is 3.90. The van der Waals surface area contributed by atoms with E-state index in [-0.39, 0.29) is 3.92 Å². The zero-order chi connectivity index (χ0) is 12.8. The van der Waals surface area contributed by atoms with E-state index >= 15 is 0 Å². The number of hydrazine groups is 1. The minimum absolute atomic E-state index is 0.155. The molecule has 3 N–H and O–H groups in total. The minimum atomic E-state index is 0.155. The molecule has 0 heterocycles. The first-order valence-corrected chi connectivity index (χ1v) is 6.85. The van der Waals surface area contributed by atoms with Crippen molar-refractivity contribution in [2.45, 2.75) is 3.92 Å². The molecular formula is C14H14IN3. The molecule has 0 aliphatic heterocycles. The van der Waals surface area contributed by atoms with E-state index in [0.717, 1.165) is 11.3 Å². The molecule has 0 saturated heterocycles. The first kappa shape index (κ1) is 13.0. The van der Waals surface area contributed by atoms with Gasteiger partial charge in [-0.15, -0.1) is 0 Å². The van der Waals surface area contributed by atoms with Crippen molar-refractivity contribution in [1.82, 2.24) is 5.53 Å². The zero-order valence-corrected chi connectivity index (χ0v) is 11.9. The highest BCUT2D eigenvalue weighted by molar-refractivity contribution is 14.1. The molecule has 3 nitrogen and oxygen atoms in total. The number of hydrogen-bond acceptors (Lipinski definition) is 3. The number of rotatable bonds is 4. The Kier molecular flexibility index (Phi) is 4.72. The quantitative estimate of drug-likeness (QED) is 0.293. The van der Waals surface area contributed by atoms with Crippen molar-refractivity contribution in [2.75, 3.05) is 0 Å². The Balaban J connectivity index is 2.35. The van der Waals surface area contributed by atoms with Crippen LogP contribution in [0.1, 0.15) is 15.1 Å². The number of benzene rings is 2. The van der Waals surface area contributed by atoms with Crippen molar-refractivity contribution < 1.29 is 0 Å². The fourth-order valence-corrected chi connectivity index (χ4v) is 2.64. The monoisotopic (exact) mass is 351 g/mol. The molecule has 2 aromatic carbocycles. The van der Waals surface area contributed by atoms with Gasteiger partial charge in [0.1, 0.15) is 0 Å². The fourth-order valence-electron chi connectivity index (χ4n) is 1.73. The number of nitrogens with one attached hydrogen (secondary N) is 1. The van der Waals surface area contributed by atoms with Gasteiger partial charge in [0.2, 0.25) is 0 Å². The van der Waals surface area contributed by atoms with E-state index in [1.165, 1.54) is 5.56 Å². The van der Waals surface area contributed by atoms with Crippen LogP contribution in [0.2, 0.25) is 0 Å². The van der Waals surface area contributed by atoms with Crippen molar-refractivity contribution >= 4 is 28.3 Å². The van der Waals surface area contributed by atoms with E-state index in [1.54, 1.807) is 0 Å². The van der Waals surface area contributed by atoms with Gasteiger partial charge >= 0.3 is 0 Å². The summed E-state index contributed by atoms with van der Waals surface area (Å²) >= 11 is 2.37. The largest absolute Gasteiger partial charge is 0.245 e. The molecule has 92 valence electrons. The minimum Gasteiger partial charge on any atom is -0.245 e. The molecule has 0 amide bonds. The lowest BCUT2D eigenvalue weighted by atomic mass is 10.0. The Bertz CT molecular complexity index is 511. The van der Waals surface area contributed by atoms with Crippen LogP contribution >= 0.6 is 22.6 Å². The Morgan fingerprint density at radius 1 is 1.00 bits per heavy atom. The van der Waals surface area contributed by atoms with Gasteiger partial charge in [-0.05, 0) is 11.1 Å². The van der Waals surface area contributed by atoms with E-state index in [1.807, 2.05) is 48.5 Å². The van der Waals surface area contributed by atoms with Crippen LogP contribution in [0.15, 0.2) is 65.8 Å². The Morgan fingerprint density at radius 3 is 2.11 bits per heavy atom. The Labute approximate surface area is 120 Å². The van der Waals surface area contributed by atoms with Gasteiger partial charge in [0.15, 0.2) is 0 Å². The molecule has 1 atom stereocenters. The van der Waals surface area contributed by atoms with E-state index in [0.29, 0.717) is 0 Å². The van der Waals surface area contributed by atoms with Gasteiger partial charge in [0, 0.05) is 0 Å². The molecule has 2 rings (SSSR count). The number of nitrogens with zero attached hydrogens (tertiary/aromatic N) is 1. The smallest absolute Gasteiger partial charge is 0.0863 e. The van der Waals surface area contributed by atoms with Crippen molar-refractivity contribution in [3.8, 4) is 0 Å². The van der Waals surface area contributed by atoms with Crippen LogP contribution in [-0.2, 0) is 0 Å². The molecule has 4 heteroatoms. The summed E-state index contributed by atoms with van der Waals surface area (Å²) in [4.78, 5) is 0. The highest BCUT2D eigenvalue weighted by atomic mass is 127. The SMILES string of the molecule is NN/N=C(/c1ccccc1)C(I)c1ccccc1. The van der Waals surface area contributed by atoms with Gasteiger partial charge in [-0.2, -0.15) is 5.10 Å². The lowest BCUT2D eigenvalue weighted by Crippen LogP contribution is -2.20. The predicted molar refractivity (Wildman–Crippen MR) is 83.5 cm³/mol. The highest BCUT2D eigenvalue weighted by Gasteiger charge is 2.16. The van der Waals surface area contributed by atoms with Gasteiger partial charge in [-0.3, -0.25) is 0 Å². The van der Waals surface area contributed by atoms with E-state index < -0.39 is 0 Å². The molecule has 1 unspecified atom stereocenters. The second-order valence-corrected chi connectivity index (χ2v) is 5.01. The molecular weight excluding hydrogens is 337 g/mol. The highest BCUT2D eigenvalue weighted by Crippen LogP contribution is 2.27. The number of halogens is 1. The molecule has 0 spiro atoms. The van der Waals surface area contributed by atoms with Crippen molar-refractivity contribution in [2.24, 2.45) is 10.9 Å². The number of nitrogens with two attached hydrogens (primary N) is 1. The summed E-state index contributed by atoms with van der Waals surface area (Å²) in [5.74, 6) is 5.34. The van der Waals surface area contributed by atoms with Crippen LogP contribution in [-0.4, -0.2) is 5.71 Å². The maximum Gasteiger partial charge on any atom is 0.0863 e. The standard InChI is InChI=1S/C14H14IN3/c15-13(11-7-3-1-4-8-11)14(17-18-16)12-9-5-2-6-10-12/h1-10,13,18H,16H2/b17-14-. The van der Waals surface area contributed by atoms with Crippen LogP contribution in [0, 0.1) is 0 Å². The van der Waals surface area contributed by atoms with E-state index in [4.69, 9.17) is 5.84 Å². The van der Waals surface area contributed by atoms with Gasteiger partial charge in [-0.1, -0.05) is 83.3 Å². The maximum atomic E-state index is 5.34. The van der Waals surface area contributed by atoms with Crippen molar-refractivity contribution in [3.05, 3.63) is 71.8 Å². The van der Waals surface area contributed by atoms with Crippen LogP contribution in [0.4, 0.5) is 0 Å². The van der Waals surface area contributed by atoms with Crippen LogP contribution in [0.25, 0.3) is 0 Å². The van der Waals surface area contributed by atoms with E-state index in [2.05, 4.69) is 45.4 Å².